The Bertz CT molecular complexity index is 852. The predicted octanol–water partition coefficient (Wildman–Crippen LogP) is 1.90. The van der Waals surface area contributed by atoms with E-state index in [1.54, 1.807) is 24.3 Å². The van der Waals surface area contributed by atoms with Crippen molar-refractivity contribution < 1.29 is 15.3 Å². The Morgan fingerprint density at radius 3 is 2.32 bits per heavy atom. The highest BCUT2D eigenvalue weighted by Gasteiger charge is 2.14. The van der Waals surface area contributed by atoms with Crippen molar-refractivity contribution >= 4 is 5.95 Å². The van der Waals surface area contributed by atoms with Crippen molar-refractivity contribution in [1.29, 1.82) is 0 Å². The van der Waals surface area contributed by atoms with Crippen molar-refractivity contribution in [3.05, 3.63) is 42.5 Å². The Hall–Kier alpha value is -3.35. The number of phenols is 3. The monoisotopic (exact) mass is 296 g/mol. The molecule has 0 atom stereocenters. The second-order valence-electron chi connectivity index (χ2n) is 4.56. The number of nitrogen functional groups attached to an aromatic ring is 1. The van der Waals surface area contributed by atoms with E-state index in [4.69, 9.17) is 5.73 Å². The van der Waals surface area contributed by atoms with E-state index in [1.165, 1.54) is 18.2 Å². The Kier molecular flexibility index (Phi) is 3.23. The quantitative estimate of drug-likeness (QED) is 0.532. The first-order valence-corrected chi connectivity index (χ1v) is 6.37. The number of hydrogen-bond donors (Lipinski definition) is 4. The Morgan fingerprint density at radius 1 is 0.818 bits per heavy atom. The van der Waals surface area contributed by atoms with E-state index in [2.05, 4.69) is 15.0 Å². The first-order chi connectivity index (χ1) is 10.5. The molecule has 0 radical (unpaired) electrons. The normalized spacial score (nSPS) is 10.5. The smallest absolute Gasteiger partial charge is 0.224 e. The van der Waals surface area contributed by atoms with E-state index in [9.17, 15) is 15.3 Å². The van der Waals surface area contributed by atoms with Crippen LogP contribution in [-0.4, -0.2) is 30.3 Å². The van der Waals surface area contributed by atoms with Gasteiger partial charge >= 0.3 is 0 Å². The molecule has 3 rings (SSSR count). The summed E-state index contributed by atoms with van der Waals surface area (Å²) in [6.07, 6.45) is 0. The van der Waals surface area contributed by atoms with Crippen LogP contribution in [0.5, 0.6) is 17.2 Å². The fraction of sp³-hybridized carbons (Fsp3) is 0. The molecule has 0 fully saturated rings. The molecule has 0 aliphatic carbocycles. The Labute approximate surface area is 125 Å². The third kappa shape index (κ3) is 2.47. The van der Waals surface area contributed by atoms with Crippen LogP contribution in [0, 0.1) is 0 Å². The van der Waals surface area contributed by atoms with Crippen LogP contribution in [0.15, 0.2) is 42.5 Å². The lowest BCUT2D eigenvalue weighted by Crippen LogP contribution is -2.02. The number of para-hydroxylation sites is 1. The molecule has 0 saturated heterocycles. The van der Waals surface area contributed by atoms with Gasteiger partial charge in [0.1, 0.15) is 5.75 Å². The van der Waals surface area contributed by atoms with Crippen molar-refractivity contribution in [1.82, 2.24) is 15.0 Å². The highest BCUT2D eigenvalue weighted by molar-refractivity contribution is 5.70. The second kappa shape index (κ2) is 5.21. The molecule has 0 saturated carbocycles. The zero-order chi connectivity index (χ0) is 15.7. The number of nitrogens with zero attached hydrogens (tertiary/aromatic N) is 3. The number of aromatic nitrogens is 3. The average Bonchev–Trinajstić information content (AvgIpc) is 2.49. The first kappa shape index (κ1) is 13.6. The summed E-state index contributed by atoms with van der Waals surface area (Å²) in [6, 6.07) is 10.8. The van der Waals surface area contributed by atoms with Gasteiger partial charge in [-0.15, -0.1) is 0 Å². The minimum atomic E-state index is -0.338. The van der Waals surface area contributed by atoms with Crippen molar-refractivity contribution in [2.75, 3.05) is 5.73 Å². The summed E-state index contributed by atoms with van der Waals surface area (Å²) < 4.78 is 0. The zero-order valence-electron chi connectivity index (χ0n) is 11.3. The van der Waals surface area contributed by atoms with E-state index in [0.717, 1.165) is 0 Å². The molecule has 7 nitrogen and oxygen atoms in total. The number of hydrogen-bond acceptors (Lipinski definition) is 7. The summed E-state index contributed by atoms with van der Waals surface area (Å²) in [5.74, 6) is -0.213. The molecule has 0 unspecified atom stereocenters. The summed E-state index contributed by atoms with van der Waals surface area (Å²) in [5, 5.41) is 29.0. The third-order valence-corrected chi connectivity index (χ3v) is 3.01. The maximum atomic E-state index is 9.92. The molecule has 0 aliphatic rings. The van der Waals surface area contributed by atoms with Crippen molar-refractivity contribution in [3.63, 3.8) is 0 Å². The maximum Gasteiger partial charge on any atom is 0.224 e. The van der Waals surface area contributed by atoms with Gasteiger partial charge in [-0.25, -0.2) is 4.98 Å². The number of benzene rings is 2. The Balaban J connectivity index is 2.17. The minimum absolute atomic E-state index is 0.0360. The topological polar surface area (TPSA) is 125 Å². The predicted molar refractivity (Wildman–Crippen MR) is 80.1 cm³/mol. The lowest BCUT2D eigenvalue weighted by molar-refractivity contribution is 0.405. The number of rotatable bonds is 2. The SMILES string of the molecule is Nc1nc(-c2cccc(O)c2)nc(-c2cccc(O)c2O)n1. The van der Waals surface area contributed by atoms with E-state index in [-0.39, 0.29) is 40.4 Å². The van der Waals surface area contributed by atoms with Gasteiger partial charge in [0.2, 0.25) is 5.95 Å². The minimum Gasteiger partial charge on any atom is -0.508 e. The van der Waals surface area contributed by atoms with Crippen molar-refractivity contribution in [2.45, 2.75) is 0 Å². The Morgan fingerprint density at radius 2 is 1.55 bits per heavy atom. The van der Waals surface area contributed by atoms with E-state index >= 15 is 0 Å². The van der Waals surface area contributed by atoms with Gasteiger partial charge in [0, 0.05) is 5.56 Å². The highest BCUT2D eigenvalue weighted by atomic mass is 16.3. The largest absolute Gasteiger partial charge is 0.508 e. The lowest BCUT2D eigenvalue weighted by atomic mass is 10.1. The van der Waals surface area contributed by atoms with Gasteiger partial charge in [0.05, 0.1) is 5.56 Å². The summed E-state index contributed by atoms with van der Waals surface area (Å²) in [5.41, 5.74) is 6.47. The highest BCUT2D eigenvalue weighted by Crippen LogP contribution is 2.35. The van der Waals surface area contributed by atoms with Gasteiger partial charge in [0.25, 0.3) is 0 Å². The van der Waals surface area contributed by atoms with Crippen LogP contribution in [0.1, 0.15) is 0 Å². The molecule has 7 heteroatoms. The van der Waals surface area contributed by atoms with Crippen LogP contribution in [0.3, 0.4) is 0 Å². The molecule has 0 spiro atoms. The van der Waals surface area contributed by atoms with Gasteiger partial charge in [-0.3, -0.25) is 0 Å². The third-order valence-electron chi connectivity index (χ3n) is 3.01. The average molecular weight is 296 g/mol. The van der Waals surface area contributed by atoms with Crippen LogP contribution in [0.2, 0.25) is 0 Å². The van der Waals surface area contributed by atoms with E-state index < -0.39 is 0 Å². The molecule has 22 heavy (non-hydrogen) atoms. The van der Waals surface area contributed by atoms with Gasteiger partial charge in [-0.2, -0.15) is 9.97 Å². The molecule has 0 amide bonds. The van der Waals surface area contributed by atoms with E-state index in [0.29, 0.717) is 5.56 Å². The summed E-state index contributed by atoms with van der Waals surface area (Å²) in [7, 11) is 0. The molecular formula is C15H12N4O3. The number of aromatic hydroxyl groups is 3. The summed E-state index contributed by atoms with van der Waals surface area (Å²) >= 11 is 0. The molecule has 2 aromatic carbocycles. The molecule has 1 aromatic heterocycles. The summed E-state index contributed by atoms with van der Waals surface area (Å²) in [4.78, 5) is 12.2. The number of anilines is 1. The van der Waals surface area contributed by atoms with Gasteiger partial charge in [0.15, 0.2) is 23.1 Å². The van der Waals surface area contributed by atoms with Gasteiger partial charge in [-0.05, 0) is 24.3 Å². The second-order valence-corrected chi connectivity index (χ2v) is 4.56. The van der Waals surface area contributed by atoms with Crippen LogP contribution >= 0.6 is 0 Å². The molecule has 3 aromatic rings. The molecule has 110 valence electrons. The maximum absolute atomic E-state index is 9.92. The zero-order valence-corrected chi connectivity index (χ0v) is 11.3. The molecule has 0 bridgehead atoms. The van der Waals surface area contributed by atoms with Crippen molar-refractivity contribution in [2.24, 2.45) is 0 Å². The molecule has 5 N–H and O–H groups in total. The number of phenolic OH excluding ortho intramolecular Hbond substituents is 3. The molecular weight excluding hydrogens is 284 g/mol. The summed E-state index contributed by atoms with van der Waals surface area (Å²) in [6.45, 7) is 0. The number of nitrogens with two attached hydrogens (primary N) is 1. The van der Waals surface area contributed by atoms with Gasteiger partial charge in [-0.1, -0.05) is 18.2 Å². The van der Waals surface area contributed by atoms with Crippen LogP contribution in [0.25, 0.3) is 22.8 Å². The lowest BCUT2D eigenvalue weighted by Gasteiger charge is -2.07. The molecule has 0 aliphatic heterocycles. The van der Waals surface area contributed by atoms with E-state index in [1.807, 2.05) is 0 Å². The van der Waals surface area contributed by atoms with Crippen LogP contribution < -0.4 is 5.73 Å². The van der Waals surface area contributed by atoms with Crippen LogP contribution in [-0.2, 0) is 0 Å². The van der Waals surface area contributed by atoms with Crippen LogP contribution in [0.4, 0.5) is 5.95 Å². The fourth-order valence-electron chi connectivity index (χ4n) is 2.00. The van der Waals surface area contributed by atoms with Gasteiger partial charge < -0.3 is 21.1 Å². The van der Waals surface area contributed by atoms with Crippen molar-refractivity contribution in [3.8, 4) is 40.0 Å². The fourth-order valence-corrected chi connectivity index (χ4v) is 2.00. The first-order valence-electron chi connectivity index (χ1n) is 6.37. The standard InChI is InChI=1S/C15H12N4O3/c16-15-18-13(8-3-1-4-9(20)7-8)17-14(19-15)10-5-2-6-11(21)12(10)22/h1-7,20-22H,(H2,16,17,18,19). The molecule has 1 heterocycles.